The molecule has 0 N–H and O–H groups in total. The van der Waals surface area contributed by atoms with Crippen LogP contribution in [0.5, 0.6) is 0 Å². The molecule has 1 unspecified atom stereocenters. The van der Waals surface area contributed by atoms with Gasteiger partial charge in [0.1, 0.15) is 11.5 Å². The van der Waals surface area contributed by atoms with E-state index in [9.17, 15) is 0 Å². The van der Waals surface area contributed by atoms with Gasteiger partial charge in [-0.3, -0.25) is 0 Å². The Labute approximate surface area is 111 Å². The van der Waals surface area contributed by atoms with Crippen LogP contribution in [0.25, 0.3) is 0 Å². The van der Waals surface area contributed by atoms with Crippen molar-refractivity contribution in [3.63, 3.8) is 0 Å². The van der Waals surface area contributed by atoms with Gasteiger partial charge in [-0.05, 0) is 37.1 Å². The summed E-state index contributed by atoms with van der Waals surface area (Å²) in [5.41, 5.74) is 3.84. The first kappa shape index (κ1) is 12.4. The number of hydrogen-bond acceptors (Lipinski definition) is 1. The lowest BCUT2D eigenvalue weighted by molar-refractivity contribution is 0.477. The van der Waals surface area contributed by atoms with Gasteiger partial charge in [0.2, 0.25) is 0 Å². The third-order valence-electron chi connectivity index (χ3n) is 2.99. The van der Waals surface area contributed by atoms with Gasteiger partial charge in [-0.2, -0.15) is 0 Å². The molecule has 1 atom stereocenters. The second-order valence-corrected chi connectivity index (χ2v) is 5.30. The maximum Gasteiger partial charge on any atom is 0.122 e. The number of hydrogen-bond donors (Lipinski definition) is 0. The average molecular weight is 293 g/mol. The van der Waals surface area contributed by atoms with Crippen LogP contribution < -0.4 is 0 Å². The zero-order valence-corrected chi connectivity index (χ0v) is 12.0. The Kier molecular flexibility index (Phi) is 3.72. The number of halogens is 1. The Morgan fingerprint density at radius 2 is 1.94 bits per heavy atom. The Hall–Kier alpha value is -1.02. The molecule has 1 nitrogen and oxygen atoms in total. The molecule has 0 bridgehead atoms. The second kappa shape index (κ2) is 5.09. The van der Waals surface area contributed by atoms with E-state index in [1.807, 2.05) is 0 Å². The summed E-state index contributed by atoms with van der Waals surface area (Å²) in [6.45, 7) is 6.35. The first-order valence-corrected chi connectivity index (χ1v) is 6.83. The van der Waals surface area contributed by atoms with Crippen LogP contribution in [0.3, 0.4) is 0 Å². The highest BCUT2D eigenvalue weighted by Crippen LogP contribution is 2.34. The molecule has 2 heteroatoms. The van der Waals surface area contributed by atoms with Crippen molar-refractivity contribution in [1.82, 2.24) is 0 Å². The summed E-state index contributed by atoms with van der Waals surface area (Å²) in [6, 6.07) is 10.6. The average Bonchev–Trinajstić information content (AvgIpc) is 2.80. The molecule has 0 fully saturated rings. The summed E-state index contributed by atoms with van der Waals surface area (Å²) in [7, 11) is 0. The lowest BCUT2D eigenvalue weighted by Gasteiger charge is -2.11. The number of rotatable bonds is 3. The molecule has 17 heavy (non-hydrogen) atoms. The smallest absolute Gasteiger partial charge is 0.122 e. The Balaban J connectivity index is 2.35. The van der Waals surface area contributed by atoms with Crippen LogP contribution in [-0.2, 0) is 6.42 Å². The molecule has 1 aromatic carbocycles. The molecule has 0 aliphatic heterocycles. The van der Waals surface area contributed by atoms with E-state index < -0.39 is 0 Å². The Morgan fingerprint density at radius 3 is 2.59 bits per heavy atom. The van der Waals surface area contributed by atoms with Crippen molar-refractivity contribution in [2.75, 3.05) is 0 Å². The minimum atomic E-state index is 0.141. The molecule has 1 heterocycles. The van der Waals surface area contributed by atoms with E-state index >= 15 is 0 Å². The lowest BCUT2D eigenvalue weighted by atomic mass is 10.0. The highest BCUT2D eigenvalue weighted by atomic mass is 79.9. The largest absolute Gasteiger partial charge is 0.465 e. The fourth-order valence-corrected chi connectivity index (χ4v) is 2.65. The van der Waals surface area contributed by atoms with Gasteiger partial charge in [-0.25, -0.2) is 0 Å². The van der Waals surface area contributed by atoms with Crippen LogP contribution in [0.1, 0.15) is 40.0 Å². The molecule has 0 amide bonds. The fraction of sp³-hybridized carbons (Fsp3) is 0.333. The summed E-state index contributed by atoms with van der Waals surface area (Å²) >= 11 is 3.73. The quantitative estimate of drug-likeness (QED) is 0.730. The first-order valence-electron chi connectivity index (χ1n) is 5.91. The second-order valence-electron chi connectivity index (χ2n) is 4.38. The summed E-state index contributed by atoms with van der Waals surface area (Å²) in [5.74, 6) is 2.02. The van der Waals surface area contributed by atoms with E-state index in [0.717, 1.165) is 17.9 Å². The molecule has 0 spiro atoms. The third-order valence-corrected chi connectivity index (χ3v) is 3.93. The standard InChI is InChI=1S/C15H17BrO/c1-4-12-7-8-14(17-12)15(16)13-9-10(2)5-6-11(13)3/h5-9,15H,4H2,1-3H3. The van der Waals surface area contributed by atoms with Gasteiger partial charge in [0.15, 0.2) is 0 Å². The number of furan rings is 1. The normalized spacial score (nSPS) is 12.7. The minimum Gasteiger partial charge on any atom is -0.465 e. The van der Waals surface area contributed by atoms with Gasteiger partial charge < -0.3 is 4.42 Å². The summed E-state index contributed by atoms with van der Waals surface area (Å²) in [6.07, 6.45) is 0.937. The van der Waals surface area contributed by atoms with Crippen LogP contribution in [0.2, 0.25) is 0 Å². The van der Waals surface area contributed by atoms with Crippen molar-refractivity contribution in [2.45, 2.75) is 32.0 Å². The first-order chi connectivity index (χ1) is 8.11. The van der Waals surface area contributed by atoms with Gasteiger partial charge in [-0.1, -0.05) is 46.6 Å². The van der Waals surface area contributed by atoms with Crippen molar-refractivity contribution in [1.29, 1.82) is 0 Å². The predicted molar refractivity (Wildman–Crippen MR) is 74.8 cm³/mol. The number of aryl methyl sites for hydroxylation is 3. The Morgan fingerprint density at radius 1 is 1.18 bits per heavy atom. The molecule has 1 aromatic heterocycles. The SMILES string of the molecule is CCc1ccc(C(Br)c2cc(C)ccc2C)o1. The van der Waals surface area contributed by atoms with Crippen LogP contribution in [0.4, 0.5) is 0 Å². The van der Waals surface area contributed by atoms with Crippen molar-refractivity contribution >= 4 is 15.9 Å². The van der Waals surface area contributed by atoms with Gasteiger partial charge in [-0.15, -0.1) is 0 Å². The summed E-state index contributed by atoms with van der Waals surface area (Å²) in [4.78, 5) is 0.141. The number of benzene rings is 1. The molecular formula is C15H17BrO. The van der Waals surface area contributed by atoms with Crippen LogP contribution in [0.15, 0.2) is 34.7 Å². The maximum absolute atomic E-state index is 5.80. The van der Waals surface area contributed by atoms with Gasteiger partial charge in [0.05, 0.1) is 4.83 Å². The topological polar surface area (TPSA) is 13.1 Å². The molecule has 0 saturated heterocycles. The van der Waals surface area contributed by atoms with Crippen molar-refractivity contribution in [2.24, 2.45) is 0 Å². The van der Waals surface area contributed by atoms with E-state index in [0.29, 0.717) is 0 Å². The van der Waals surface area contributed by atoms with Crippen molar-refractivity contribution < 1.29 is 4.42 Å². The third kappa shape index (κ3) is 2.63. The van der Waals surface area contributed by atoms with E-state index in [-0.39, 0.29) is 4.83 Å². The molecule has 2 rings (SSSR count). The lowest BCUT2D eigenvalue weighted by Crippen LogP contribution is -1.95. The predicted octanol–water partition coefficient (Wildman–Crippen LogP) is 4.94. The monoisotopic (exact) mass is 292 g/mol. The molecule has 90 valence electrons. The molecule has 0 aliphatic rings. The zero-order chi connectivity index (χ0) is 12.4. The van der Waals surface area contributed by atoms with Crippen LogP contribution >= 0.6 is 15.9 Å². The van der Waals surface area contributed by atoms with Gasteiger partial charge in [0.25, 0.3) is 0 Å². The van der Waals surface area contributed by atoms with Crippen LogP contribution in [-0.4, -0.2) is 0 Å². The molecule has 0 saturated carbocycles. The van der Waals surface area contributed by atoms with E-state index in [4.69, 9.17) is 4.42 Å². The molecular weight excluding hydrogens is 276 g/mol. The van der Waals surface area contributed by atoms with Crippen LogP contribution in [0, 0.1) is 13.8 Å². The fourth-order valence-electron chi connectivity index (χ4n) is 1.91. The molecule has 0 aliphatic carbocycles. The van der Waals surface area contributed by atoms with Gasteiger partial charge in [0, 0.05) is 6.42 Å². The van der Waals surface area contributed by atoms with Gasteiger partial charge >= 0.3 is 0 Å². The van der Waals surface area contributed by atoms with E-state index in [1.54, 1.807) is 0 Å². The zero-order valence-electron chi connectivity index (χ0n) is 10.5. The Bertz CT molecular complexity index is 513. The highest BCUT2D eigenvalue weighted by Gasteiger charge is 2.16. The molecule has 2 aromatic rings. The highest BCUT2D eigenvalue weighted by molar-refractivity contribution is 9.09. The van der Waals surface area contributed by atoms with E-state index in [2.05, 4.69) is 67.0 Å². The van der Waals surface area contributed by atoms with Crippen molar-refractivity contribution in [3.05, 3.63) is 58.5 Å². The minimum absolute atomic E-state index is 0.141. The molecule has 0 radical (unpaired) electrons. The van der Waals surface area contributed by atoms with E-state index in [1.165, 1.54) is 16.7 Å². The van der Waals surface area contributed by atoms with Crippen molar-refractivity contribution in [3.8, 4) is 0 Å². The summed E-state index contributed by atoms with van der Waals surface area (Å²) in [5, 5.41) is 0. The number of alkyl halides is 1. The summed E-state index contributed by atoms with van der Waals surface area (Å²) < 4.78 is 5.80. The maximum atomic E-state index is 5.80.